The molecular formula is C17H12N2O4S2. The first-order chi connectivity index (χ1) is 12.3. The summed E-state index contributed by atoms with van der Waals surface area (Å²) < 4.78 is 16.1. The van der Waals surface area contributed by atoms with Crippen LogP contribution in [0, 0.1) is 0 Å². The number of rotatable bonds is 6. The topological polar surface area (TPSA) is 78.4 Å². The van der Waals surface area contributed by atoms with Crippen molar-refractivity contribution in [1.29, 1.82) is 0 Å². The molecule has 0 radical (unpaired) electrons. The maximum atomic E-state index is 11.9. The van der Waals surface area contributed by atoms with Gasteiger partial charge in [-0.1, -0.05) is 30.0 Å². The minimum atomic E-state index is -0.368. The van der Waals surface area contributed by atoms with E-state index in [1.807, 2.05) is 41.8 Å². The molecule has 25 heavy (non-hydrogen) atoms. The molecule has 0 aliphatic rings. The first-order valence-corrected chi connectivity index (χ1v) is 9.27. The minimum Gasteiger partial charge on any atom is -0.458 e. The van der Waals surface area contributed by atoms with Gasteiger partial charge in [0.15, 0.2) is 5.58 Å². The molecule has 0 aliphatic carbocycles. The number of thiophene rings is 1. The van der Waals surface area contributed by atoms with E-state index in [4.69, 9.17) is 13.6 Å². The van der Waals surface area contributed by atoms with E-state index < -0.39 is 0 Å². The van der Waals surface area contributed by atoms with Crippen molar-refractivity contribution in [3.63, 3.8) is 0 Å². The average Bonchev–Trinajstić information content (AvgIpc) is 3.37. The number of oxazole rings is 2. The molecule has 0 amide bonds. The highest BCUT2D eigenvalue weighted by molar-refractivity contribution is 7.99. The number of fused-ring (bicyclic) bond motifs is 1. The second kappa shape index (κ2) is 7.12. The molecule has 0 N–H and O–H groups in total. The fourth-order valence-electron chi connectivity index (χ4n) is 2.12. The monoisotopic (exact) mass is 372 g/mol. The number of para-hydroxylation sites is 2. The summed E-state index contributed by atoms with van der Waals surface area (Å²) in [6.07, 6.45) is 1.50. The summed E-state index contributed by atoms with van der Waals surface area (Å²) in [5.41, 5.74) is 2.03. The van der Waals surface area contributed by atoms with E-state index in [1.165, 1.54) is 29.4 Å². The molecule has 4 rings (SSSR count). The second-order valence-electron chi connectivity index (χ2n) is 5.02. The number of thioether (sulfide) groups is 1. The third kappa shape index (κ3) is 3.75. The molecule has 3 heterocycles. The summed E-state index contributed by atoms with van der Waals surface area (Å²) in [4.78, 5) is 21.4. The van der Waals surface area contributed by atoms with Gasteiger partial charge in [0.1, 0.15) is 29.8 Å². The molecule has 0 atom stereocenters. The molecular weight excluding hydrogens is 360 g/mol. The van der Waals surface area contributed by atoms with E-state index in [-0.39, 0.29) is 18.3 Å². The van der Waals surface area contributed by atoms with Gasteiger partial charge >= 0.3 is 5.97 Å². The quantitative estimate of drug-likeness (QED) is 0.367. The van der Waals surface area contributed by atoms with Crippen molar-refractivity contribution in [2.24, 2.45) is 0 Å². The lowest BCUT2D eigenvalue weighted by Gasteiger charge is -2.00. The van der Waals surface area contributed by atoms with Crippen molar-refractivity contribution in [2.45, 2.75) is 11.8 Å². The third-order valence-corrected chi connectivity index (χ3v) is 4.91. The number of carbonyl (C=O) groups excluding carboxylic acids is 1. The third-order valence-electron chi connectivity index (χ3n) is 3.25. The second-order valence-corrected chi connectivity index (χ2v) is 6.89. The number of nitrogens with zero attached hydrogens (tertiary/aromatic N) is 2. The van der Waals surface area contributed by atoms with Gasteiger partial charge in [0.05, 0.1) is 4.88 Å². The molecule has 0 bridgehead atoms. The van der Waals surface area contributed by atoms with Crippen molar-refractivity contribution in [1.82, 2.24) is 9.97 Å². The minimum absolute atomic E-state index is 0.0713. The summed E-state index contributed by atoms with van der Waals surface area (Å²) in [5.74, 6) is 0.275. The fraction of sp³-hybridized carbons (Fsp3) is 0.118. The molecule has 126 valence electrons. The number of esters is 1. The molecule has 8 heteroatoms. The fourth-order valence-corrected chi connectivity index (χ4v) is 3.41. The Morgan fingerprint density at radius 2 is 2.12 bits per heavy atom. The highest BCUT2D eigenvalue weighted by Crippen LogP contribution is 2.25. The SMILES string of the molecule is O=C(CSc1nc2ccccc2o1)OCc1coc(-c2cccs2)n1. The van der Waals surface area contributed by atoms with Crippen LogP contribution in [0.3, 0.4) is 0 Å². The number of carbonyl (C=O) groups is 1. The van der Waals surface area contributed by atoms with E-state index in [9.17, 15) is 4.79 Å². The Kier molecular flexibility index (Phi) is 4.53. The van der Waals surface area contributed by atoms with Crippen LogP contribution in [0.4, 0.5) is 0 Å². The Morgan fingerprint density at radius 1 is 1.20 bits per heavy atom. The number of hydrogen-bond donors (Lipinski definition) is 0. The largest absolute Gasteiger partial charge is 0.458 e. The first-order valence-electron chi connectivity index (χ1n) is 7.40. The van der Waals surface area contributed by atoms with Gasteiger partial charge in [-0.05, 0) is 23.6 Å². The highest BCUT2D eigenvalue weighted by Gasteiger charge is 2.12. The molecule has 0 fully saturated rings. The van der Waals surface area contributed by atoms with Gasteiger partial charge in [0, 0.05) is 0 Å². The molecule has 3 aromatic heterocycles. The van der Waals surface area contributed by atoms with E-state index in [0.717, 1.165) is 10.4 Å². The number of ether oxygens (including phenoxy) is 1. The zero-order valence-corrected chi connectivity index (χ0v) is 14.5. The Labute approximate surface area is 150 Å². The predicted octanol–water partition coefficient (Wildman–Crippen LogP) is 4.38. The van der Waals surface area contributed by atoms with Gasteiger partial charge < -0.3 is 13.6 Å². The Morgan fingerprint density at radius 3 is 2.96 bits per heavy atom. The van der Waals surface area contributed by atoms with Crippen LogP contribution in [0.2, 0.25) is 0 Å². The first kappa shape index (κ1) is 15.9. The zero-order chi connectivity index (χ0) is 17.1. The number of aromatic nitrogens is 2. The molecule has 0 aliphatic heterocycles. The van der Waals surface area contributed by atoms with Crippen LogP contribution in [-0.4, -0.2) is 21.7 Å². The van der Waals surface area contributed by atoms with E-state index >= 15 is 0 Å². The normalized spacial score (nSPS) is 11.0. The van der Waals surface area contributed by atoms with Gasteiger partial charge in [0.2, 0.25) is 5.89 Å². The Hall–Kier alpha value is -2.58. The van der Waals surface area contributed by atoms with Crippen LogP contribution < -0.4 is 0 Å². The van der Waals surface area contributed by atoms with Crippen LogP contribution in [0.1, 0.15) is 5.69 Å². The van der Waals surface area contributed by atoms with Gasteiger partial charge in [0.25, 0.3) is 5.22 Å². The van der Waals surface area contributed by atoms with Crippen LogP contribution in [0.15, 0.2) is 62.1 Å². The standard InChI is InChI=1S/C17H12N2O4S2/c20-15(10-25-17-19-12-4-1-2-5-13(12)23-17)21-8-11-9-22-16(18-11)14-6-3-7-24-14/h1-7,9H,8,10H2. The van der Waals surface area contributed by atoms with E-state index in [2.05, 4.69) is 9.97 Å². The van der Waals surface area contributed by atoms with Crippen LogP contribution in [-0.2, 0) is 16.1 Å². The molecule has 0 saturated heterocycles. The highest BCUT2D eigenvalue weighted by atomic mass is 32.2. The summed E-state index contributed by atoms with van der Waals surface area (Å²) in [7, 11) is 0. The van der Waals surface area contributed by atoms with Gasteiger partial charge in [-0.15, -0.1) is 11.3 Å². The Bertz CT molecular complexity index is 958. The molecule has 0 spiro atoms. The molecule has 0 unspecified atom stereocenters. The lowest BCUT2D eigenvalue weighted by atomic mass is 10.3. The van der Waals surface area contributed by atoms with Crippen molar-refractivity contribution in [2.75, 3.05) is 5.75 Å². The van der Waals surface area contributed by atoms with E-state index in [1.54, 1.807) is 0 Å². The molecule has 0 saturated carbocycles. The van der Waals surface area contributed by atoms with Crippen LogP contribution in [0.5, 0.6) is 0 Å². The van der Waals surface area contributed by atoms with Crippen molar-refractivity contribution in [3.05, 3.63) is 53.7 Å². The summed E-state index contributed by atoms with van der Waals surface area (Å²) >= 11 is 2.73. The van der Waals surface area contributed by atoms with Gasteiger partial charge in [-0.25, -0.2) is 9.97 Å². The van der Waals surface area contributed by atoms with E-state index in [0.29, 0.717) is 22.4 Å². The smallest absolute Gasteiger partial charge is 0.316 e. The number of hydrogen-bond acceptors (Lipinski definition) is 8. The van der Waals surface area contributed by atoms with Crippen LogP contribution >= 0.6 is 23.1 Å². The molecule has 4 aromatic rings. The lowest BCUT2D eigenvalue weighted by Crippen LogP contribution is -2.07. The van der Waals surface area contributed by atoms with Gasteiger partial charge in [-0.2, -0.15) is 0 Å². The Balaban J connectivity index is 1.29. The molecule has 6 nitrogen and oxygen atoms in total. The van der Waals surface area contributed by atoms with Gasteiger partial charge in [-0.3, -0.25) is 4.79 Å². The molecule has 1 aromatic carbocycles. The van der Waals surface area contributed by atoms with Crippen molar-refractivity contribution >= 4 is 40.2 Å². The average molecular weight is 372 g/mol. The van der Waals surface area contributed by atoms with Crippen molar-refractivity contribution < 1.29 is 18.4 Å². The van der Waals surface area contributed by atoms with Crippen molar-refractivity contribution in [3.8, 4) is 10.8 Å². The summed E-state index contributed by atoms with van der Waals surface area (Å²) in [6, 6.07) is 11.3. The van der Waals surface area contributed by atoms with Crippen LogP contribution in [0.25, 0.3) is 21.9 Å². The maximum Gasteiger partial charge on any atom is 0.316 e. The summed E-state index contributed by atoms with van der Waals surface area (Å²) in [5, 5.41) is 2.39. The summed E-state index contributed by atoms with van der Waals surface area (Å²) in [6.45, 7) is 0.0713. The zero-order valence-electron chi connectivity index (χ0n) is 12.9. The number of benzene rings is 1. The predicted molar refractivity (Wildman–Crippen MR) is 94.3 cm³/mol. The maximum absolute atomic E-state index is 11.9. The lowest BCUT2D eigenvalue weighted by molar-refractivity contribution is -0.141.